The van der Waals surface area contributed by atoms with Gasteiger partial charge >= 0.3 is 0 Å². The first-order valence-electron chi connectivity index (χ1n) is 14.6. The van der Waals surface area contributed by atoms with Crippen LogP contribution in [0.15, 0.2) is 104 Å². The molecule has 0 atom stereocenters. The van der Waals surface area contributed by atoms with Crippen molar-refractivity contribution in [1.82, 2.24) is 0 Å². The Labute approximate surface area is 293 Å². The Hall–Kier alpha value is -4.77. The van der Waals surface area contributed by atoms with Crippen LogP contribution in [-0.2, 0) is 12.8 Å². The van der Waals surface area contributed by atoms with Crippen molar-refractivity contribution < 1.29 is 23.9 Å². The normalized spacial score (nSPS) is 8.67. The number of carbonyl (C=O) groups excluding carboxylic acids is 3. The molecule has 0 saturated carbocycles. The number of Topliss-reactive ketones (excluding diaryl/α,β-unsaturated/α-hetero) is 3. The quantitative estimate of drug-likeness (QED) is 0.176. The van der Waals surface area contributed by atoms with Crippen molar-refractivity contribution in [2.75, 3.05) is 14.2 Å². The molecule has 0 aliphatic heterocycles. The third kappa shape index (κ3) is 19.0. The molecule has 0 aromatic heterocycles. The lowest BCUT2D eigenvalue weighted by atomic mass is 10.0. The van der Waals surface area contributed by atoms with Crippen LogP contribution in [0.4, 0.5) is 0 Å². The van der Waals surface area contributed by atoms with E-state index in [0.717, 1.165) is 46.6 Å². The third-order valence-corrected chi connectivity index (χ3v) is 6.52. The van der Waals surface area contributed by atoms with Crippen molar-refractivity contribution >= 4 is 22.9 Å². The summed E-state index contributed by atoms with van der Waals surface area (Å²) in [7, 11) is 3.27. The SMILES string of the molecule is C.C.C.C.C=C(C)c1cccc(C(C)=O)c1.CCc1cccc(C(C)=O)c1.CCc1cccc(OC)c1.COc1cccc(C(C)=O)c1. The predicted molar refractivity (Wildman–Crippen MR) is 209 cm³/mol. The van der Waals surface area contributed by atoms with E-state index in [1.54, 1.807) is 46.3 Å². The van der Waals surface area contributed by atoms with Gasteiger partial charge in [0.2, 0.25) is 0 Å². The summed E-state index contributed by atoms with van der Waals surface area (Å²) in [4.78, 5) is 32.8. The van der Waals surface area contributed by atoms with Crippen molar-refractivity contribution in [2.45, 2.75) is 84.1 Å². The van der Waals surface area contributed by atoms with Crippen molar-refractivity contribution in [3.05, 3.63) is 137 Å². The first kappa shape index (κ1) is 50.1. The number of ketones is 3. The minimum Gasteiger partial charge on any atom is -0.497 e. The second-order valence-corrected chi connectivity index (χ2v) is 10.0. The van der Waals surface area contributed by atoms with Crippen molar-refractivity contribution in [3.8, 4) is 11.5 Å². The highest BCUT2D eigenvalue weighted by Crippen LogP contribution is 2.14. The fraction of sp³-hybridized carbons (Fsp3) is 0.326. The molecule has 0 amide bonds. The van der Waals surface area contributed by atoms with Gasteiger partial charge < -0.3 is 9.47 Å². The summed E-state index contributed by atoms with van der Waals surface area (Å²) < 4.78 is 10.0. The fourth-order valence-corrected chi connectivity index (χ4v) is 3.75. The molecule has 0 heterocycles. The number of ether oxygens (including phenoxy) is 2. The van der Waals surface area contributed by atoms with Gasteiger partial charge in [0.25, 0.3) is 0 Å². The number of rotatable bonds is 8. The van der Waals surface area contributed by atoms with E-state index >= 15 is 0 Å². The van der Waals surface area contributed by atoms with E-state index in [4.69, 9.17) is 9.47 Å². The molecule has 0 aliphatic rings. The average Bonchev–Trinajstić information content (AvgIpc) is 3.05. The molecule has 5 nitrogen and oxygen atoms in total. The molecule has 0 N–H and O–H groups in total. The third-order valence-electron chi connectivity index (χ3n) is 6.52. The molecule has 48 heavy (non-hydrogen) atoms. The molecule has 0 radical (unpaired) electrons. The lowest BCUT2D eigenvalue weighted by Crippen LogP contribution is -1.92. The van der Waals surface area contributed by atoms with Gasteiger partial charge in [0.15, 0.2) is 17.3 Å². The monoisotopic (exact) mass is 658 g/mol. The van der Waals surface area contributed by atoms with Gasteiger partial charge in [-0.2, -0.15) is 0 Å². The van der Waals surface area contributed by atoms with Gasteiger partial charge in [-0.25, -0.2) is 0 Å². The molecule has 264 valence electrons. The van der Waals surface area contributed by atoms with Crippen LogP contribution in [0, 0.1) is 0 Å². The summed E-state index contributed by atoms with van der Waals surface area (Å²) in [5.41, 5.74) is 6.79. The van der Waals surface area contributed by atoms with Gasteiger partial charge in [0.05, 0.1) is 14.2 Å². The Balaban J connectivity index is -0.000000262. The number of aryl methyl sites for hydroxylation is 2. The van der Waals surface area contributed by atoms with Crippen LogP contribution in [0.2, 0.25) is 0 Å². The first-order valence-corrected chi connectivity index (χ1v) is 14.6. The van der Waals surface area contributed by atoms with Crippen molar-refractivity contribution in [1.29, 1.82) is 0 Å². The maximum absolute atomic E-state index is 11.0. The Bertz CT molecular complexity index is 1410. The summed E-state index contributed by atoms with van der Waals surface area (Å²) >= 11 is 0. The molecule has 0 unspecified atom stereocenters. The maximum atomic E-state index is 11.0. The molecule has 0 spiro atoms. The maximum Gasteiger partial charge on any atom is 0.159 e. The molecular weight excluding hydrogens is 596 g/mol. The highest BCUT2D eigenvalue weighted by molar-refractivity contribution is 5.95. The van der Waals surface area contributed by atoms with E-state index in [9.17, 15) is 14.4 Å². The highest BCUT2D eigenvalue weighted by atomic mass is 16.5. The number of methoxy groups -OCH3 is 2. The number of hydrogen-bond acceptors (Lipinski definition) is 5. The summed E-state index contributed by atoms with van der Waals surface area (Å²) in [6, 6.07) is 30.5. The van der Waals surface area contributed by atoms with Gasteiger partial charge in [0.1, 0.15) is 11.5 Å². The second kappa shape index (κ2) is 27.4. The number of hydrogen-bond donors (Lipinski definition) is 0. The van der Waals surface area contributed by atoms with Gasteiger partial charge in [-0.3, -0.25) is 14.4 Å². The summed E-state index contributed by atoms with van der Waals surface area (Å²) in [5, 5.41) is 0. The number of carbonyl (C=O) groups is 3. The van der Waals surface area contributed by atoms with E-state index in [2.05, 4.69) is 32.6 Å². The van der Waals surface area contributed by atoms with E-state index in [-0.39, 0.29) is 47.1 Å². The van der Waals surface area contributed by atoms with Crippen LogP contribution in [0.1, 0.15) is 119 Å². The van der Waals surface area contributed by atoms with E-state index in [0.29, 0.717) is 5.56 Å². The minimum absolute atomic E-state index is 0. The van der Waals surface area contributed by atoms with Crippen LogP contribution in [0.25, 0.3) is 5.57 Å². The van der Waals surface area contributed by atoms with Crippen molar-refractivity contribution in [3.63, 3.8) is 0 Å². The number of benzene rings is 4. The average molecular weight is 659 g/mol. The summed E-state index contributed by atoms with van der Waals surface area (Å²) in [6.07, 6.45) is 2.05. The van der Waals surface area contributed by atoms with Gasteiger partial charge in [-0.1, -0.05) is 116 Å². The Morgan fingerprint density at radius 1 is 0.500 bits per heavy atom. The molecule has 0 fully saturated rings. The molecule has 0 bridgehead atoms. The van der Waals surface area contributed by atoms with Crippen LogP contribution in [0.3, 0.4) is 0 Å². The lowest BCUT2D eigenvalue weighted by Gasteiger charge is -2.00. The largest absolute Gasteiger partial charge is 0.497 e. The van der Waals surface area contributed by atoms with Gasteiger partial charge in [-0.05, 0) is 93.6 Å². The number of allylic oxidation sites excluding steroid dienone is 1. The smallest absolute Gasteiger partial charge is 0.159 e. The van der Waals surface area contributed by atoms with E-state index in [1.165, 1.54) is 18.1 Å². The van der Waals surface area contributed by atoms with Gasteiger partial charge in [-0.15, -0.1) is 0 Å². The Kier molecular flexibility index (Phi) is 28.5. The highest BCUT2D eigenvalue weighted by Gasteiger charge is 2.01. The zero-order chi connectivity index (χ0) is 33.1. The molecule has 4 aromatic carbocycles. The first-order chi connectivity index (χ1) is 20.9. The zero-order valence-corrected chi connectivity index (χ0v) is 27.4. The minimum atomic E-state index is 0. The molecule has 0 aliphatic carbocycles. The van der Waals surface area contributed by atoms with Crippen LogP contribution in [-0.4, -0.2) is 31.6 Å². The van der Waals surface area contributed by atoms with Crippen LogP contribution in [0.5, 0.6) is 11.5 Å². The molecule has 5 heteroatoms. The molecular formula is C43H62O5. The fourth-order valence-electron chi connectivity index (χ4n) is 3.75. The van der Waals surface area contributed by atoms with E-state index < -0.39 is 0 Å². The Morgan fingerprint density at radius 3 is 1.25 bits per heavy atom. The van der Waals surface area contributed by atoms with E-state index in [1.807, 2.05) is 73.7 Å². The summed E-state index contributed by atoms with van der Waals surface area (Å²) in [6.45, 7) is 14.7. The van der Waals surface area contributed by atoms with Crippen LogP contribution < -0.4 is 9.47 Å². The van der Waals surface area contributed by atoms with Crippen molar-refractivity contribution in [2.24, 2.45) is 0 Å². The molecule has 4 rings (SSSR count). The summed E-state index contributed by atoms with van der Waals surface area (Å²) in [5.74, 6) is 1.96. The predicted octanol–water partition coefficient (Wildman–Crippen LogP) is 12.1. The zero-order valence-electron chi connectivity index (χ0n) is 27.4. The van der Waals surface area contributed by atoms with Gasteiger partial charge in [0, 0.05) is 16.7 Å². The standard InChI is InChI=1S/C11H12O.C10H12O.C9H10O2.C9H12O.4CH4/c1-8(2)10-5-4-6-11(7-10)9(3)12;1-3-9-5-4-6-10(7-9)8(2)11;1-7(10)8-4-3-5-9(6-8)11-2;1-3-8-5-4-6-9(7-8)10-2;;;;/h4-7H,1H2,2-3H3;4-7H,3H2,1-2H3;3-6H,1-2H3;4-7H,3H2,1-2H3;4*1H4. The topological polar surface area (TPSA) is 69.7 Å². The molecule has 4 aromatic rings. The molecule has 0 saturated heterocycles. The second-order valence-electron chi connectivity index (χ2n) is 10.0. The Morgan fingerprint density at radius 2 is 0.833 bits per heavy atom. The van der Waals surface area contributed by atoms with Crippen LogP contribution >= 0.6 is 0 Å². The lowest BCUT2D eigenvalue weighted by molar-refractivity contribution is 0.100.